The van der Waals surface area contributed by atoms with Crippen LogP contribution in [0.15, 0.2) is 46.0 Å². The van der Waals surface area contributed by atoms with Crippen LogP contribution in [0.5, 0.6) is 5.75 Å². The molecule has 1 aromatic carbocycles. The lowest BCUT2D eigenvalue weighted by Gasteiger charge is -2.17. The van der Waals surface area contributed by atoms with E-state index in [-0.39, 0.29) is 23.3 Å². The molecule has 3 rings (SSSR count). The number of hydrogen-bond acceptors (Lipinski definition) is 6. The molecule has 0 aliphatic heterocycles. The number of benzene rings is 1. The number of ether oxygens (including phenoxy) is 1. The Kier molecular flexibility index (Phi) is 5.67. The van der Waals surface area contributed by atoms with Gasteiger partial charge in [0.05, 0.1) is 19.0 Å². The van der Waals surface area contributed by atoms with E-state index >= 15 is 0 Å². The second-order valence-corrected chi connectivity index (χ2v) is 6.71. The van der Waals surface area contributed by atoms with Crippen molar-refractivity contribution in [3.05, 3.63) is 62.9 Å². The van der Waals surface area contributed by atoms with Crippen molar-refractivity contribution < 1.29 is 14.3 Å². The molecule has 30 heavy (non-hydrogen) atoms. The summed E-state index contributed by atoms with van der Waals surface area (Å²) < 4.78 is 7.28. The molecule has 0 aliphatic rings. The van der Waals surface area contributed by atoms with Crippen LogP contribution in [0.2, 0.25) is 0 Å². The minimum atomic E-state index is -0.546. The predicted octanol–water partition coefficient (Wildman–Crippen LogP) is 0.352. The van der Waals surface area contributed by atoms with Gasteiger partial charge in [-0.1, -0.05) is 6.07 Å². The average Bonchev–Trinajstić information content (AvgIpc) is 2.75. The van der Waals surface area contributed by atoms with E-state index in [1.54, 1.807) is 24.3 Å². The van der Waals surface area contributed by atoms with E-state index < -0.39 is 23.1 Å². The summed E-state index contributed by atoms with van der Waals surface area (Å²) in [6, 6.07) is 9.68. The summed E-state index contributed by atoms with van der Waals surface area (Å²) in [4.78, 5) is 54.7. The smallest absolute Gasteiger partial charge is 0.332 e. The summed E-state index contributed by atoms with van der Waals surface area (Å²) in [7, 11) is 5.83. The van der Waals surface area contributed by atoms with Crippen molar-refractivity contribution in [2.75, 3.05) is 26.0 Å². The van der Waals surface area contributed by atoms with Crippen molar-refractivity contribution >= 4 is 28.5 Å². The highest BCUT2D eigenvalue weighted by Crippen LogP contribution is 2.16. The summed E-state index contributed by atoms with van der Waals surface area (Å²) >= 11 is 0. The lowest BCUT2D eigenvalue weighted by Crippen LogP contribution is -2.38. The molecule has 0 spiro atoms. The summed E-state index contributed by atoms with van der Waals surface area (Å²) in [5, 5.41) is 2.91. The predicted molar refractivity (Wildman–Crippen MR) is 111 cm³/mol. The van der Waals surface area contributed by atoms with Crippen molar-refractivity contribution in [3.63, 3.8) is 0 Å². The number of aryl methyl sites for hydroxylation is 1. The van der Waals surface area contributed by atoms with Crippen molar-refractivity contribution in [1.82, 2.24) is 19.0 Å². The Hall–Kier alpha value is -3.95. The van der Waals surface area contributed by atoms with Crippen LogP contribution >= 0.6 is 0 Å². The number of carbonyl (C=O) groups is 2. The normalized spacial score (nSPS) is 10.7. The lowest BCUT2D eigenvalue weighted by molar-refractivity contribution is -0.116. The van der Waals surface area contributed by atoms with E-state index in [2.05, 4.69) is 10.3 Å². The van der Waals surface area contributed by atoms with E-state index in [1.807, 2.05) is 0 Å². The Morgan fingerprint density at radius 3 is 2.57 bits per heavy atom. The SMILES string of the molecule is COc1cccc(NC(=O)CN(C)C(=O)c2ccc3c(=O)n(C)c(=O)n(C)c3n2)c1. The zero-order chi connectivity index (χ0) is 22.0. The van der Waals surface area contributed by atoms with Crippen molar-refractivity contribution in [2.45, 2.75) is 0 Å². The number of anilines is 1. The molecule has 0 aliphatic carbocycles. The minimum absolute atomic E-state index is 0.0161. The highest BCUT2D eigenvalue weighted by molar-refractivity contribution is 5.99. The van der Waals surface area contributed by atoms with Gasteiger partial charge in [0.2, 0.25) is 5.91 Å². The largest absolute Gasteiger partial charge is 0.497 e. The molecule has 3 aromatic rings. The van der Waals surface area contributed by atoms with Crippen molar-refractivity contribution in [1.29, 1.82) is 0 Å². The third-order valence-electron chi connectivity index (χ3n) is 4.60. The molecule has 0 fully saturated rings. The Morgan fingerprint density at radius 1 is 1.13 bits per heavy atom. The summed E-state index contributed by atoms with van der Waals surface area (Å²) in [5.41, 5.74) is -0.387. The molecular weight excluding hydrogens is 390 g/mol. The van der Waals surface area contributed by atoms with Crippen LogP contribution in [-0.4, -0.2) is 51.5 Å². The van der Waals surface area contributed by atoms with E-state index in [9.17, 15) is 19.2 Å². The van der Waals surface area contributed by atoms with Gasteiger partial charge in [0, 0.05) is 32.9 Å². The molecule has 0 atom stereocenters. The number of likely N-dealkylation sites (N-methyl/N-ethyl adjacent to an activating group) is 1. The van der Waals surface area contributed by atoms with Gasteiger partial charge in [-0.2, -0.15) is 0 Å². The average molecular weight is 411 g/mol. The highest BCUT2D eigenvalue weighted by Gasteiger charge is 2.19. The molecule has 156 valence electrons. The number of nitrogens with zero attached hydrogens (tertiary/aromatic N) is 4. The van der Waals surface area contributed by atoms with Crippen LogP contribution in [0.25, 0.3) is 11.0 Å². The second kappa shape index (κ2) is 8.19. The van der Waals surface area contributed by atoms with Crippen LogP contribution in [0, 0.1) is 0 Å². The molecular formula is C20H21N5O5. The van der Waals surface area contributed by atoms with Gasteiger partial charge in [-0.05, 0) is 24.3 Å². The van der Waals surface area contributed by atoms with Crippen LogP contribution < -0.4 is 21.3 Å². The Balaban J connectivity index is 1.80. The number of aromatic nitrogens is 3. The lowest BCUT2D eigenvalue weighted by atomic mass is 10.2. The first kappa shape index (κ1) is 20.8. The van der Waals surface area contributed by atoms with E-state index in [0.29, 0.717) is 11.4 Å². The number of pyridine rings is 1. The maximum absolute atomic E-state index is 12.7. The van der Waals surface area contributed by atoms with Crippen molar-refractivity contribution in [3.8, 4) is 5.75 Å². The number of fused-ring (bicyclic) bond motifs is 1. The molecule has 1 N–H and O–H groups in total. The Labute approximate surface area is 171 Å². The van der Waals surface area contributed by atoms with Gasteiger partial charge in [0.15, 0.2) is 0 Å². The number of hydrogen-bond donors (Lipinski definition) is 1. The fraction of sp³-hybridized carbons (Fsp3) is 0.250. The third kappa shape index (κ3) is 3.93. The molecule has 0 radical (unpaired) electrons. The van der Waals surface area contributed by atoms with Crippen LogP contribution in [0.1, 0.15) is 10.5 Å². The van der Waals surface area contributed by atoms with E-state index in [4.69, 9.17) is 4.74 Å². The van der Waals surface area contributed by atoms with Gasteiger partial charge in [-0.3, -0.25) is 23.5 Å². The topological polar surface area (TPSA) is 116 Å². The van der Waals surface area contributed by atoms with Gasteiger partial charge < -0.3 is 15.0 Å². The second-order valence-electron chi connectivity index (χ2n) is 6.71. The van der Waals surface area contributed by atoms with Gasteiger partial charge in [0.25, 0.3) is 11.5 Å². The minimum Gasteiger partial charge on any atom is -0.497 e. The molecule has 10 nitrogen and oxygen atoms in total. The summed E-state index contributed by atoms with van der Waals surface area (Å²) in [5.74, 6) is -0.332. The Morgan fingerprint density at radius 2 is 1.87 bits per heavy atom. The molecule has 0 saturated heterocycles. The number of methoxy groups -OCH3 is 1. The molecule has 0 saturated carbocycles. The number of nitrogens with one attached hydrogen (secondary N) is 1. The monoisotopic (exact) mass is 411 g/mol. The van der Waals surface area contributed by atoms with Crippen LogP contribution in [0.3, 0.4) is 0 Å². The van der Waals surface area contributed by atoms with Gasteiger partial charge in [0.1, 0.15) is 17.1 Å². The molecule has 2 aromatic heterocycles. The van der Waals surface area contributed by atoms with E-state index in [0.717, 1.165) is 4.57 Å². The standard InChI is InChI=1S/C20H21N5O5/c1-23(11-16(26)21-12-6-5-7-13(10-12)30-4)19(28)15-9-8-14-17(22-15)24(2)20(29)25(3)18(14)27/h5-10H,11H2,1-4H3,(H,21,26). The first-order valence-electron chi connectivity index (χ1n) is 8.99. The number of carbonyl (C=O) groups excluding carboxylic acids is 2. The molecule has 2 heterocycles. The molecule has 0 bridgehead atoms. The quantitative estimate of drug-likeness (QED) is 0.648. The Bertz CT molecular complexity index is 1260. The van der Waals surface area contributed by atoms with Gasteiger partial charge in [-0.15, -0.1) is 0 Å². The number of rotatable bonds is 5. The van der Waals surface area contributed by atoms with Gasteiger partial charge >= 0.3 is 5.69 Å². The third-order valence-corrected chi connectivity index (χ3v) is 4.60. The summed E-state index contributed by atoms with van der Waals surface area (Å²) in [6.45, 7) is -0.217. The fourth-order valence-corrected chi connectivity index (χ4v) is 2.96. The van der Waals surface area contributed by atoms with Crippen molar-refractivity contribution in [2.24, 2.45) is 14.1 Å². The summed E-state index contributed by atoms with van der Waals surface area (Å²) in [6.07, 6.45) is 0. The van der Waals surface area contributed by atoms with E-state index in [1.165, 1.54) is 49.9 Å². The maximum atomic E-state index is 12.7. The van der Waals surface area contributed by atoms with Crippen LogP contribution in [0.4, 0.5) is 5.69 Å². The molecule has 10 heteroatoms. The van der Waals surface area contributed by atoms with Crippen LogP contribution in [-0.2, 0) is 18.9 Å². The maximum Gasteiger partial charge on any atom is 0.332 e. The zero-order valence-corrected chi connectivity index (χ0v) is 17.0. The molecule has 2 amide bonds. The van der Waals surface area contributed by atoms with Gasteiger partial charge in [-0.25, -0.2) is 9.78 Å². The zero-order valence-electron chi connectivity index (χ0n) is 17.0. The highest BCUT2D eigenvalue weighted by atomic mass is 16.5. The number of amides is 2. The fourth-order valence-electron chi connectivity index (χ4n) is 2.96. The molecule has 0 unspecified atom stereocenters. The first-order chi connectivity index (χ1) is 14.2. The first-order valence-corrected chi connectivity index (χ1v) is 8.99.